The molecule has 1 heteroatoms. The molecule has 3 aromatic carbocycles. The molecule has 36 heavy (non-hydrogen) atoms. The van der Waals surface area contributed by atoms with Crippen molar-refractivity contribution in [1.82, 2.24) is 0 Å². The monoisotopic (exact) mass is 565 g/mol. The van der Waals surface area contributed by atoms with Crippen LogP contribution in [-0.2, 0) is 32.7 Å². The Kier molecular flexibility index (Phi) is 31.1. The summed E-state index contributed by atoms with van der Waals surface area (Å²) in [7, 11) is 0. The molecule has 0 nitrogen and oxygen atoms in total. The Labute approximate surface area is 252 Å². The Morgan fingerprint density at radius 3 is 1.25 bits per heavy atom. The van der Waals surface area contributed by atoms with Crippen LogP contribution in [0.1, 0.15) is 87.1 Å². The zero-order chi connectivity index (χ0) is 21.4. The fourth-order valence-corrected chi connectivity index (χ4v) is 3.12. The standard InChI is InChI=1S/C12H12.C9H10.C8H10.6CH4.Y/c1-9-5-3-8-12-10(2)6-4-7-11(9)12;1-7(2)9-5-4-8(3)6-9;1-7-3-5-8(2)6-4-7;;;;;;;/h3-8H,1-2H3;1,4H,5H2,2-3H3;3-6H,1-2H3;6*1H4;/q;-2;;;;;;;;. The maximum absolute atomic E-state index is 5.54. The van der Waals surface area contributed by atoms with Gasteiger partial charge in [0.25, 0.3) is 0 Å². The molecule has 0 fully saturated rings. The molecule has 0 N–H and O–H groups in total. The molecule has 3 aromatic rings. The van der Waals surface area contributed by atoms with Crippen molar-refractivity contribution in [1.29, 1.82) is 0 Å². The van der Waals surface area contributed by atoms with Crippen LogP contribution in [0.5, 0.6) is 0 Å². The molecule has 0 heterocycles. The maximum atomic E-state index is 5.54. The van der Waals surface area contributed by atoms with E-state index in [0.717, 1.165) is 17.6 Å². The van der Waals surface area contributed by atoms with E-state index in [1.807, 2.05) is 13.8 Å². The summed E-state index contributed by atoms with van der Waals surface area (Å²) >= 11 is 0. The van der Waals surface area contributed by atoms with Gasteiger partial charge in [-0.1, -0.05) is 123 Å². The molecule has 0 spiro atoms. The summed E-state index contributed by atoms with van der Waals surface area (Å²) in [5.74, 6) is 0. The zero-order valence-electron chi connectivity index (χ0n) is 19.2. The summed E-state index contributed by atoms with van der Waals surface area (Å²) in [4.78, 5) is 0. The van der Waals surface area contributed by atoms with E-state index < -0.39 is 0 Å². The first-order valence-electron chi connectivity index (χ1n) is 10.1. The Hall–Kier alpha value is -1.76. The zero-order valence-corrected chi connectivity index (χ0v) is 22.1. The van der Waals surface area contributed by atoms with Crippen LogP contribution in [0.2, 0.25) is 0 Å². The molecule has 4 rings (SSSR count). The molecule has 1 radical (unpaired) electrons. The summed E-state index contributed by atoms with van der Waals surface area (Å²) in [6.45, 7) is 18.0. The third-order valence-corrected chi connectivity index (χ3v) is 5.01. The van der Waals surface area contributed by atoms with Crippen LogP contribution in [0, 0.1) is 40.3 Å². The molecule has 1 aliphatic rings. The van der Waals surface area contributed by atoms with Gasteiger partial charge in [0, 0.05) is 32.7 Å². The van der Waals surface area contributed by atoms with Crippen molar-refractivity contribution in [2.45, 2.75) is 92.5 Å². The second-order valence-electron chi connectivity index (χ2n) is 7.78. The summed E-state index contributed by atoms with van der Waals surface area (Å²) < 4.78 is 0. The molecule has 0 aliphatic heterocycles. The molecule has 1 aliphatic carbocycles. The van der Waals surface area contributed by atoms with Gasteiger partial charge in [0.1, 0.15) is 0 Å². The third kappa shape index (κ3) is 15.4. The van der Waals surface area contributed by atoms with E-state index in [1.54, 1.807) is 0 Å². The largest absolute Gasteiger partial charge is 0.358 e. The fourth-order valence-electron chi connectivity index (χ4n) is 3.12. The first-order valence-corrected chi connectivity index (χ1v) is 10.1. The van der Waals surface area contributed by atoms with Gasteiger partial charge >= 0.3 is 0 Å². The van der Waals surface area contributed by atoms with Crippen LogP contribution in [0.3, 0.4) is 0 Å². The maximum Gasteiger partial charge on any atom is 0 e. The molecule has 0 bridgehead atoms. The molecule has 0 amide bonds. The number of fused-ring (bicyclic) bond motifs is 1. The van der Waals surface area contributed by atoms with Crippen molar-refractivity contribution in [3.63, 3.8) is 0 Å². The van der Waals surface area contributed by atoms with Crippen molar-refractivity contribution >= 4 is 10.8 Å². The molecule has 0 unspecified atom stereocenters. The molecule has 0 atom stereocenters. The van der Waals surface area contributed by atoms with E-state index in [4.69, 9.17) is 6.58 Å². The van der Waals surface area contributed by atoms with Crippen LogP contribution in [0.4, 0.5) is 0 Å². The van der Waals surface area contributed by atoms with Gasteiger partial charge in [0.05, 0.1) is 0 Å². The SMILES string of the molecule is C.C.C.C.C.C.Cc1ccc(C)cc1.Cc1cccc2c(C)cccc12.[CH-]=C(C)C1=[C-]C(C)=CC1.[Y]. The smallest absolute Gasteiger partial charge is 0 e. The summed E-state index contributed by atoms with van der Waals surface area (Å²) in [6.07, 6.45) is 6.27. The molecule has 201 valence electrons. The molecule has 0 aromatic heterocycles. The Bertz CT molecular complexity index is 972. The van der Waals surface area contributed by atoms with Gasteiger partial charge in [0.15, 0.2) is 0 Å². The van der Waals surface area contributed by atoms with Gasteiger partial charge in [-0.05, 0) is 49.6 Å². The van der Waals surface area contributed by atoms with E-state index in [0.29, 0.717) is 0 Å². The molecular weight excluding hydrogens is 509 g/mol. The van der Waals surface area contributed by atoms with E-state index in [1.165, 1.54) is 38.6 Å². The summed E-state index contributed by atoms with van der Waals surface area (Å²) in [5.41, 5.74) is 8.61. The van der Waals surface area contributed by atoms with Crippen molar-refractivity contribution in [2.75, 3.05) is 0 Å². The predicted octanol–water partition coefficient (Wildman–Crippen LogP) is 12.0. The van der Waals surface area contributed by atoms with Crippen molar-refractivity contribution in [3.05, 3.63) is 118 Å². The van der Waals surface area contributed by atoms with Gasteiger partial charge in [-0.15, -0.1) is 13.3 Å². The molecule has 0 saturated heterocycles. The average Bonchev–Trinajstić information content (AvgIpc) is 3.13. The number of benzene rings is 3. The number of hydrogen-bond acceptors (Lipinski definition) is 0. The first-order chi connectivity index (χ1) is 13.8. The predicted molar refractivity (Wildman–Crippen MR) is 168 cm³/mol. The van der Waals surface area contributed by atoms with Gasteiger partial charge in [-0.2, -0.15) is 11.6 Å². The molecule has 0 saturated carbocycles. The minimum atomic E-state index is 0. The summed E-state index contributed by atoms with van der Waals surface area (Å²) in [5, 5.41) is 2.75. The first kappa shape index (κ1) is 47.4. The van der Waals surface area contributed by atoms with E-state index in [-0.39, 0.29) is 77.3 Å². The fraction of sp³-hybridized carbons (Fsp3) is 0.371. The van der Waals surface area contributed by atoms with Gasteiger partial charge in [0.2, 0.25) is 0 Å². The van der Waals surface area contributed by atoms with Crippen LogP contribution < -0.4 is 0 Å². The second kappa shape index (κ2) is 23.6. The van der Waals surface area contributed by atoms with Crippen molar-refractivity contribution in [2.24, 2.45) is 0 Å². The third-order valence-electron chi connectivity index (χ3n) is 5.01. The topological polar surface area (TPSA) is 0 Å². The van der Waals surface area contributed by atoms with E-state index in [2.05, 4.69) is 101 Å². The number of rotatable bonds is 1. The Morgan fingerprint density at radius 2 is 1.00 bits per heavy atom. The number of hydrogen-bond donors (Lipinski definition) is 0. The normalized spacial score (nSPS) is 9.83. The minimum Gasteiger partial charge on any atom is -0.358 e. The van der Waals surface area contributed by atoms with Gasteiger partial charge < -0.3 is 17.7 Å². The van der Waals surface area contributed by atoms with Crippen molar-refractivity contribution in [3.8, 4) is 0 Å². The van der Waals surface area contributed by atoms with Crippen LogP contribution in [0.25, 0.3) is 10.8 Å². The van der Waals surface area contributed by atoms with Crippen LogP contribution >= 0.6 is 0 Å². The van der Waals surface area contributed by atoms with Crippen LogP contribution in [0.15, 0.2) is 83.5 Å². The Morgan fingerprint density at radius 1 is 0.639 bits per heavy atom. The Balaban J connectivity index is -0.0000000871. The number of aryl methyl sites for hydroxylation is 4. The van der Waals surface area contributed by atoms with Gasteiger partial charge in [-0.25, -0.2) is 0 Å². The average molecular weight is 566 g/mol. The van der Waals surface area contributed by atoms with E-state index in [9.17, 15) is 0 Å². The van der Waals surface area contributed by atoms with E-state index >= 15 is 0 Å². The number of allylic oxidation sites excluding steroid dienone is 5. The van der Waals surface area contributed by atoms with Gasteiger partial charge in [-0.3, -0.25) is 6.08 Å². The minimum absolute atomic E-state index is 0. The summed E-state index contributed by atoms with van der Waals surface area (Å²) in [6, 6.07) is 21.4. The second-order valence-corrected chi connectivity index (χ2v) is 7.78. The quantitative estimate of drug-likeness (QED) is 0.257. The van der Waals surface area contributed by atoms with Crippen LogP contribution in [-0.4, -0.2) is 0 Å². The van der Waals surface area contributed by atoms with Crippen molar-refractivity contribution < 1.29 is 32.7 Å². The molecular formula is C35H56Y-2.